The molecule has 0 saturated carbocycles. The molecular formula is C20H18ClN. The van der Waals surface area contributed by atoms with Gasteiger partial charge in [-0.1, -0.05) is 72.3 Å². The first kappa shape index (κ1) is 14.7. The van der Waals surface area contributed by atoms with E-state index >= 15 is 0 Å². The van der Waals surface area contributed by atoms with Crippen LogP contribution in [0.1, 0.15) is 22.7 Å². The van der Waals surface area contributed by atoms with Crippen molar-refractivity contribution in [3.05, 3.63) is 101 Å². The Bertz CT molecular complexity index is 699. The number of hydrogen-bond donors (Lipinski definition) is 1. The van der Waals surface area contributed by atoms with Gasteiger partial charge >= 0.3 is 0 Å². The van der Waals surface area contributed by atoms with Crippen LogP contribution in [0.15, 0.2) is 78.9 Å². The van der Waals surface area contributed by atoms with Crippen molar-refractivity contribution in [2.24, 2.45) is 0 Å². The number of aryl methyl sites for hydroxylation is 1. The van der Waals surface area contributed by atoms with Crippen molar-refractivity contribution in [2.75, 3.05) is 5.32 Å². The molecule has 22 heavy (non-hydrogen) atoms. The zero-order valence-electron chi connectivity index (χ0n) is 12.5. The fourth-order valence-corrected chi connectivity index (χ4v) is 2.82. The molecule has 0 heterocycles. The number of nitrogens with one attached hydrogen (secondary N) is 1. The van der Waals surface area contributed by atoms with E-state index in [4.69, 9.17) is 11.6 Å². The SMILES string of the molecule is Cc1cc(Cl)ccc1NC(c1ccccc1)c1ccccc1. The van der Waals surface area contributed by atoms with Crippen LogP contribution in [0, 0.1) is 6.92 Å². The summed E-state index contributed by atoms with van der Waals surface area (Å²) in [5.41, 5.74) is 4.72. The molecule has 0 saturated heterocycles. The molecule has 1 N–H and O–H groups in total. The van der Waals surface area contributed by atoms with Crippen LogP contribution >= 0.6 is 11.6 Å². The van der Waals surface area contributed by atoms with Gasteiger partial charge in [-0.3, -0.25) is 0 Å². The Labute approximate surface area is 136 Å². The van der Waals surface area contributed by atoms with Crippen LogP contribution in [0.5, 0.6) is 0 Å². The van der Waals surface area contributed by atoms with Crippen LogP contribution in [0.4, 0.5) is 5.69 Å². The lowest BCUT2D eigenvalue weighted by molar-refractivity contribution is 0.936. The van der Waals surface area contributed by atoms with Gasteiger partial charge in [-0.25, -0.2) is 0 Å². The number of halogens is 1. The van der Waals surface area contributed by atoms with E-state index in [0.717, 1.165) is 16.3 Å². The van der Waals surface area contributed by atoms with Crippen molar-refractivity contribution in [3.63, 3.8) is 0 Å². The van der Waals surface area contributed by atoms with Crippen LogP contribution in [0.25, 0.3) is 0 Å². The Hall–Kier alpha value is -2.25. The molecule has 0 atom stereocenters. The van der Waals surface area contributed by atoms with Gasteiger partial charge in [-0.2, -0.15) is 0 Å². The van der Waals surface area contributed by atoms with Crippen LogP contribution in [0.3, 0.4) is 0 Å². The summed E-state index contributed by atoms with van der Waals surface area (Å²) in [7, 11) is 0. The molecule has 0 amide bonds. The highest BCUT2D eigenvalue weighted by Crippen LogP contribution is 2.29. The average molecular weight is 308 g/mol. The predicted molar refractivity (Wildman–Crippen MR) is 94.5 cm³/mol. The second-order valence-corrected chi connectivity index (χ2v) is 5.79. The zero-order chi connectivity index (χ0) is 15.4. The third kappa shape index (κ3) is 3.32. The Morgan fingerprint density at radius 3 is 1.82 bits per heavy atom. The van der Waals surface area contributed by atoms with E-state index in [9.17, 15) is 0 Å². The first-order chi connectivity index (χ1) is 10.7. The van der Waals surface area contributed by atoms with Crippen molar-refractivity contribution in [1.29, 1.82) is 0 Å². The second kappa shape index (κ2) is 6.67. The van der Waals surface area contributed by atoms with E-state index in [1.165, 1.54) is 11.1 Å². The summed E-state index contributed by atoms with van der Waals surface area (Å²) in [6.07, 6.45) is 0. The Morgan fingerprint density at radius 1 is 0.773 bits per heavy atom. The number of hydrogen-bond acceptors (Lipinski definition) is 1. The smallest absolute Gasteiger partial charge is 0.0767 e. The molecule has 3 aromatic carbocycles. The molecule has 110 valence electrons. The summed E-state index contributed by atoms with van der Waals surface area (Å²) in [5, 5.41) is 4.41. The third-order valence-corrected chi connectivity index (χ3v) is 3.99. The fourth-order valence-electron chi connectivity index (χ4n) is 2.59. The van der Waals surface area contributed by atoms with Gasteiger partial charge in [-0.05, 0) is 41.8 Å². The lowest BCUT2D eigenvalue weighted by atomic mass is 9.98. The van der Waals surface area contributed by atoms with Gasteiger partial charge in [0, 0.05) is 10.7 Å². The molecule has 0 unspecified atom stereocenters. The lowest BCUT2D eigenvalue weighted by Gasteiger charge is -2.22. The van der Waals surface area contributed by atoms with Gasteiger partial charge in [0.2, 0.25) is 0 Å². The number of anilines is 1. The minimum absolute atomic E-state index is 0.113. The summed E-state index contributed by atoms with van der Waals surface area (Å²) in [6, 6.07) is 27.0. The van der Waals surface area contributed by atoms with Crippen molar-refractivity contribution in [1.82, 2.24) is 0 Å². The predicted octanol–water partition coefficient (Wildman–Crippen LogP) is 5.85. The molecule has 0 aliphatic rings. The van der Waals surface area contributed by atoms with E-state index < -0.39 is 0 Å². The minimum atomic E-state index is 0.113. The van der Waals surface area contributed by atoms with Crippen molar-refractivity contribution >= 4 is 17.3 Å². The average Bonchev–Trinajstić information content (AvgIpc) is 2.56. The molecule has 0 aliphatic heterocycles. The fraction of sp³-hybridized carbons (Fsp3) is 0.100. The van der Waals surface area contributed by atoms with Crippen LogP contribution in [-0.4, -0.2) is 0 Å². The van der Waals surface area contributed by atoms with E-state index in [0.29, 0.717) is 0 Å². The quantitative estimate of drug-likeness (QED) is 0.637. The topological polar surface area (TPSA) is 12.0 Å². The summed E-state index contributed by atoms with van der Waals surface area (Å²) < 4.78 is 0. The largest absolute Gasteiger partial charge is 0.374 e. The molecule has 3 rings (SSSR count). The normalized spacial score (nSPS) is 10.7. The summed E-state index contributed by atoms with van der Waals surface area (Å²) in [4.78, 5) is 0. The van der Waals surface area contributed by atoms with Crippen molar-refractivity contribution in [3.8, 4) is 0 Å². The first-order valence-electron chi connectivity index (χ1n) is 7.36. The lowest BCUT2D eigenvalue weighted by Crippen LogP contribution is -2.13. The van der Waals surface area contributed by atoms with Gasteiger partial charge in [0.1, 0.15) is 0 Å². The van der Waals surface area contributed by atoms with E-state index in [1.54, 1.807) is 0 Å². The highest BCUT2D eigenvalue weighted by Gasteiger charge is 2.14. The maximum absolute atomic E-state index is 6.06. The third-order valence-electron chi connectivity index (χ3n) is 3.75. The van der Waals surface area contributed by atoms with Crippen LogP contribution in [0.2, 0.25) is 5.02 Å². The van der Waals surface area contributed by atoms with Crippen molar-refractivity contribution in [2.45, 2.75) is 13.0 Å². The van der Waals surface area contributed by atoms with Crippen LogP contribution in [-0.2, 0) is 0 Å². The molecular weight excluding hydrogens is 290 g/mol. The molecule has 3 aromatic rings. The van der Waals surface area contributed by atoms with Gasteiger partial charge in [0.05, 0.1) is 6.04 Å². The molecule has 0 aromatic heterocycles. The van der Waals surface area contributed by atoms with Gasteiger partial charge in [-0.15, -0.1) is 0 Å². The van der Waals surface area contributed by atoms with E-state index in [1.807, 2.05) is 30.3 Å². The monoisotopic (exact) mass is 307 g/mol. The summed E-state index contributed by atoms with van der Waals surface area (Å²) >= 11 is 6.06. The van der Waals surface area contributed by atoms with Gasteiger partial charge in [0.25, 0.3) is 0 Å². The highest BCUT2D eigenvalue weighted by molar-refractivity contribution is 6.30. The van der Waals surface area contributed by atoms with Crippen LogP contribution < -0.4 is 5.32 Å². The molecule has 0 bridgehead atoms. The summed E-state index contributed by atoms with van der Waals surface area (Å²) in [6.45, 7) is 2.07. The van der Waals surface area contributed by atoms with E-state index in [2.05, 4.69) is 60.8 Å². The molecule has 1 nitrogen and oxygen atoms in total. The molecule has 0 spiro atoms. The van der Waals surface area contributed by atoms with Gasteiger partial charge in [0.15, 0.2) is 0 Å². The maximum atomic E-state index is 6.06. The molecule has 0 aliphatic carbocycles. The van der Waals surface area contributed by atoms with Gasteiger partial charge < -0.3 is 5.32 Å². The van der Waals surface area contributed by atoms with E-state index in [-0.39, 0.29) is 6.04 Å². The molecule has 0 radical (unpaired) electrons. The maximum Gasteiger partial charge on any atom is 0.0767 e. The first-order valence-corrected chi connectivity index (χ1v) is 7.74. The number of rotatable bonds is 4. The molecule has 2 heteroatoms. The second-order valence-electron chi connectivity index (χ2n) is 5.36. The Morgan fingerprint density at radius 2 is 1.32 bits per heavy atom. The Kier molecular flexibility index (Phi) is 4.45. The summed E-state index contributed by atoms with van der Waals surface area (Å²) in [5.74, 6) is 0. The minimum Gasteiger partial charge on any atom is -0.374 e. The Balaban J connectivity index is 1.99. The standard InChI is InChI=1S/C20H18ClN/c1-15-14-18(21)12-13-19(15)22-20(16-8-4-2-5-9-16)17-10-6-3-7-11-17/h2-14,20,22H,1H3. The van der Waals surface area contributed by atoms with Crippen molar-refractivity contribution < 1.29 is 0 Å². The number of benzene rings is 3. The zero-order valence-corrected chi connectivity index (χ0v) is 13.2. The molecule has 0 fully saturated rings. The highest BCUT2D eigenvalue weighted by atomic mass is 35.5.